The average molecular weight is 518 g/mol. The van der Waals surface area contributed by atoms with E-state index in [4.69, 9.17) is 9.47 Å². The van der Waals surface area contributed by atoms with E-state index < -0.39 is 29.3 Å². The Bertz CT molecular complexity index is 1390. The SMILES string of the molecule is COc1ccc(F)cc1/C(O)=C1\C(=O)C(=O)N(c2ccc(OC(C)C)cc2)C1c1ccc(C(C)(C)C)cc1. The van der Waals surface area contributed by atoms with Gasteiger partial charge in [-0.15, -0.1) is 0 Å². The average Bonchev–Trinajstić information content (AvgIpc) is 3.13. The molecule has 3 aromatic rings. The van der Waals surface area contributed by atoms with Crippen LogP contribution in [0.5, 0.6) is 11.5 Å². The summed E-state index contributed by atoms with van der Waals surface area (Å²) in [5.74, 6) is -2.01. The first kappa shape index (κ1) is 26.9. The number of hydrogen-bond donors (Lipinski definition) is 1. The van der Waals surface area contributed by atoms with Crippen molar-refractivity contribution in [3.63, 3.8) is 0 Å². The fraction of sp³-hybridized carbons (Fsp3) is 0.290. The predicted molar refractivity (Wildman–Crippen MR) is 145 cm³/mol. The van der Waals surface area contributed by atoms with Gasteiger partial charge in [0.05, 0.1) is 30.4 Å². The van der Waals surface area contributed by atoms with Crippen molar-refractivity contribution in [1.82, 2.24) is 0 Å². The number of ether oxygens (including phenoxy) is 2. The zero-order chi connectivity index (χ0) is 27.8. The molecule has 0 aliphatic carbocycles. The van der Waals surface area contributed by atoms with Gasteiger partial charge >= 0.3 is 0 Å². The lowest BCUT2D eigenvalue weighted by atomic mass is 9.85. The zero-order valence-corrected chi connectivity index (χ0v) is 22.4. The lowest BCUT2D eigenvalue weighted by molar-refractivity contribution is -0.132. The van der Waals surface area contributed by atoms with Crippen LogP contribution in [-0.2, 0) is 15.0 Å². The summed E-state index contributed by atoms with van der Waals surface area (Å²) in [5.41, 5.74) is 1.88. The van der Waals surface area contributed by atoms with Crippen LogP contribution in [0.2, 0.25) is 0 Å². The molecular weight excluding hydrogens is 485 g/mol. The first-order valence-electron chi connectivity index (χ1n) is 12.4. The van der Waals surface area contributed by atoms with E-state index >= 15 is 0 Å². The second-order valence-electron chi connectivity index (χ2n) is 10.5. The second-order valence-corrected chi connectivity index (χ2v) is 10.5. The Hall–Kier alpha value is -4.13. The number of Topliss-reactive ketones (excluding diaryl/α,β-unsaturated/α-hetero) is 1. The van der Waals surface area contributed by atoms with E-state index in [2.05, 4.69) is 20.8 Å². The van der Waals surface area contributed by atoms with Crippen LogP contribution in [0.1, 0.15) is 57.4 Å². The third-order valence-electron chi connectivity index (χ3n) is 6.44. The van der Waals surface area contributed by atoms with Gasteiger partial charge in [0.15, 0.2) is 0 Å². The number of aliphatic hydroxyl groups excluding tert-OH is 1. The van der Waals surface area contributed by atoms with Crippen molar-refractivity contribution >= 4 is 23.1 Å². The topological polar surface area (TPSA) is 76.1 Å². The number of halogens is 1. The number of amides is 1. The first-order valence-corrected chi connectivity index (χ1v) is 12.4. The number of anilines is 1. The molecule has 1 aliphatic rings. The molecule has 1 aliphatic heterocycles. The van der Waals surface area contributed by atoms with Crippen molar-refractivity contribution in [3.8, 4) is 11.5 Å². The summed E-state index contributed by atoms with van der Waals surface area (Å²) in [6.45, 7) is 10.1. The molecule has 0 bridgehead atoms. The van der Waals surface area contributed by atoms with Gasteiger partial charge in [0, 0.05) is 5.69 Å². The van der Waals surface area contributed by atoms with Gasteiger partial charge in [0.2, 0.25) is 0 Å². The zero-order valence-electron chi connectivity index (χ0n) is 22.4. The Morgan fingerprint density at radius 3 is 2.16 bits per heavy atom. The maximum atomic E-state index is 14.2. The van der Waals surface area contributed by atoms with Crippen molar-refractivity contribution < 1.29 is 28.6 Å². The van der Waals surface area contributed by atoms with E-state index in [0.29, 0.717) is 17.0 Å². The highest BCUT2D eigenvalue weighted by Crippen LogP contribution is 2.44. The summed E-state index contributed by atoms with van der Waals surface area (Å²) >= 11 is 0. The molecule has 4 rings (SSSR count). The molecule has 1 fully saturated rings. The van der Waals surface area contributed by atoms with Crippen molar-refractivity contribution in [2.75, 3.05) is 12.0 Å². The predicted octanol–water partition coefficient (Wildman–Crippen LogP) is 6.55. The molecule has 198 valence electrons. The number of carbonyl (C=O) groups excluding carboxylic acids is 2. The van der Waals surface area contributed by atoms with Gasteiger partial charge in [-0.1, -0.05) is 45.0 Å². The van der Waals surface area contributed by atoms with Crippen molar-refractivity contribution in [2.24, 2.45) is 0 Å². The van der Waals surface area contributed by atoms with Crippen LogP contribution in [0.25, 0.3) is 5.76 Å². The lowest BCUT2D eigenvalue weighted by Gasteiger charge is -2.27. The number of nitrogens with zero attached hydrogens (tertiary/aromatic N) is 1. The van der Waals surface area contributed by atoms with Crippen LogP contribution in [0.4, 0.5) is 10.1 Å². The molecule has 1 amide bonds. The minimum Gasteiger partial charge on any atom is -0.507 e. The minimum atomic E-state index is -0.950. The maximum Gasteiger partial charge on any atom is 0.300 e. The molecule has 0 aromatic heterocycles. The smallest absolute Gasteiger partial charge is 0.300 e. The Balaban J connectivity index is 1.92. The highest BCUT2D eigenvalue weighted by atomic mass is 19.1. The standard InChI is InChI=1S/C31H32FNO5/c1-18(2)38-23-14-12-22(13-15-23)33-27(19-7-9-20(10-8-19)31(3,4)5)26(29(35)30(33)36)28(34)24-17-21(32)11-16-25(24)37-6/h7-18,27,34H,1-6H3/b28-26+. The van der Waals surface area contributed by atoms with E-state index in [1.54, 1.807) is 24.3 Å². The fourth-order valence-electron chi connectivity index (χ4n) is 4.55. The summed E-state index contributed by atoms with van der Waals surface area (Å²) in [6.07, 6.45) is -0.0299. The van der Waals surface area contributed by atoms with Gasteiger partial charge in [-0.2, -0.15) is 0 Å². The normalized spacial score (nSPS) is 17.3. The van der Waals surface area contributed by atoms with Crippen molar-refractivity contribution in [2.45, 2.75) is 52.2 Å². The van der Waals surface area contributed by atoms with Gasteiger partial charge in [0.25, 0.3) is 11.7 Å². The van der Waals surface area contributed by atoms with Gasteiger partial charge in [-0.25, -0.2) is 4.39 Å². The Kier molecular flexibility index (Phi) is 7.31. The van der Waals surface area contributed by atoms with E-state index in [0.717, 1.165) is 11.6 Å². The number of aliphatic hydroxyl groups is 1. The number of rotatable bonds is 6. The van der Waals surface area contributed by atoms with Gasteiger partial charge in [-0.3, -0.25) is 14.5 Å². The van der Waals surface area contributed by atoms with E-state index in [9.17, 15) is 19.1 Å². The van der Waals surface area contributed by atoms with Crippen LogP contribution >= 0.6 is 0 Å². The Morgan fingerprint density at radius 1 is 0.974 bits per heavy atom. The largest absolute Gasteiger partial charge is 0.507 e. The summed E-state index contributed by atoms with van der Waals surface area (Å²) < 4.78 is 25.2. The van der Waals surface area contributed by atoms with Crippen LogP contribution in [0.15, 0.2) is 72.3 Å². The molecule has 1 heterocycles. The summed E-state index contributed by atoms with van der Waals surface area (Å²) in [5, 5.41) is 11.4. The third-order valence-corrected chi connectivity index (χ3v) is 6.44. The molecule has 0 saturated carbocycles. The monoisotopic (exact) mass is 517 g/mol. The first-order chi connectivity index (χ1) is 17.9. The molecule has 0 spiro atoms. The fourth-order valence-corrected chi connectivity index (χ4v) is 4.55. The molecule has 0 radical (unpaired) electrons. The van der Waals surface area contributed by atoms with Crippen molar-refractivity contribution in [1.29, 1.82) is 0 Å². The van der Waals surface area contributed by atoms with Crippen LogP contribution in [-0.4, -0.2) is 30.0 Å². The maximum absolute atomic E-state index is 14.2. The second kappa shape index (κ2) is 10.3. The number of ketones is 1. The van der Waals surface area contributed by atoms with E-state index in [-0.39, 0.29) is 28.4 Å². The van der Waals surface area contributed by atoms with E-state index in [1.165, 1.54) is 24.1 Å². The summed E-state index contributed by atoms with van der Waals surface area (Å²) in [7, 11) is 1.38. The van der Waals surface area contributed by atoms with Crippen molar-refractivity contribution in [3.05, 3.63) is 94.8 Å². The highest BCUT2D eigenvalue weighted by molar-refractivity contribution is 6.51. The molecule has 1 N–H and O–H groups in total. The quantitative estimate of drug-likeness (QED) is 0.228. The summed E-state index contributed by atoms with van der Waals surface area (Å²) in [4.78, 5) is 28.2. The number of hydrogen-bond acceptors (Lipinski definition) is 5. The molecule has 6 nitrogen and oxygen atoms in total. The lowest BCUT2D eigenvalue weighted by Crippen LogP contribution is -2.29. The number of benzene rings is 3. The third kappa shape index (κ3) is 5.14. The van der Waals surface area contributed by atoms with Gasteiger partial charge in [-0.05, 0) is 72.9 Å². The molecule has 7 heteroatoms. The van der Waals surface area contributed by atoms with Gasteiger partial charge < -0.3 is 14.6 Å². The minimum absolute atomic E-state index is 0.0116. The molecule has 1 atom stereocenters. The number of carbonyl (C=O) groups is 2. The van der Waals surface area contributed by atoms with Gasteiger partial charge in [0.1, 0.15) is 23.1 Å². The molecule has 1 saturated heterocycles. The highest BCUT2D eigenvalue weighted by Gasteiger charge is 2.47. The Labute approximate surface area is 222 Å². The van der Waals surface area contributed by atoms with Crippen LogP contribution in [0, 0.1) is 5.82 Å². The van der Waals surface area contributed by atoms with Crippen LogP contribution in [0.3, 0.4) is 0 Å². The summed E-state index contributed by atoms with van der Waals surface area (Å²) in [6, 6.07) is 17.1. The number of methoxy groups -OCH3 is 1. The van der Waals surface area contributed by atoms with Crippen LogP contribution < -0.4 is 14.4 Å². The Morgan fingerprint density at radius 2 is 1.61 bits per heavy atom. The van der Waals surface area contributed by atoms with E-state index in [1.807, 2.05) is 38.1 Å². The molecule has 1 unspecified atom stereocenters. The molecular formula is C31H32FNO5. The molecule has 3 aromatic carbocycles. The molecule has 38 heavy (non-hydrogen) atoms.